The lowest BCUT2D eigenvalue weighted by atomic mass is 10.2. The number of nitrogens with one attached hydrogen (secondary N) is 1. The van der Waals surface area contributed by atoms with Crippen LogP contribution in [0.3, 0.4) is 0 Å². The fourth-order valence-electron chi connectivity index (χ4n) is 3.02. The van der Waals surface area contributed by atoms with Crippen molar-refractivity contribution in [1.29, 1.82) is 0 Å². The molecule has 1 fully saturated rings. The summed E-state index contributed by atoms with van der Waals surface area (Å²) in [5.74, 6) is 0.775. The summed E-state index contributed by atoms with van der Waals surface area (Å²) >= 11 is 0. The lowest BCUT2D eigenvalue weighted by Gasteiger charge is -2.37. The number of nitrogens with zero attached hydrogens (tertiary/aromatic N) is 5. The molecule has 3 rings (SSSR count). The molecule has 1 aromatic heterocycles. The van der Waals surface area contributed by atoms with Gasteiger partial charge in [-0.3, -0.25) is 9.69 Å². The van der Waals surface area contributed by atoms with Gasteiger partial charge in [0.2, 0.25) is 11.9 Å². The number of benzene rings is 1. The lowest BCUT2D eigenvalue weighted by molar-refractivity contribution is -0.120. The molecular weight excluding hydrogens is 328 g/mol. The first-order valence-corrected chi connectivity index (χ1v) is 8.89. The average molecular weight is 354 g/mol. The molecule has 1 amide bonds. The van der Waals surface area contributed by atoms with Gasteiger partial charge in [0.05, 0.1) is 6.04 Å². The summed E-state index contributed by atoms with van der Waals surface area (Å²) in [6, 6.07) is 9.51. The molecule has 1 saturated heterocycles. The molecule has 1 atom stereocenters. The van der Waals surface area contributed by atoms with Crippen LogP contribution in [0.4, 0.5) is 17.3 Å². The maximum Gasteiger partial charge on any atom is 0.241 e. The SMILES string of the molecule is CC(C(=O)Nc1ccc(N(C)C)cc1)N1CCN(c2ncccn2)CC1. The molecule has 26 heavy (non-hydrogen) atoms. The van der Waals surface area contributed by atoms with E-state index in [-0.39, 0.29) is 11.9 Å². The highest BCUT2D eigenvalue weighted by molar-refractivity contribution is 5.94. The van der Waals surface area contributed by atoms with E-state index in [2.05, 4.69) is 25.1 Å². The first kappa shape index (κ1) is 18.1. The van der Waals surface area contributed by atoms with Crippen LogP contribution in [0.5, 0.6) is 0 Å². The van der Waals surface area contributed by atoms with Gasteiger partial charge in [0, 0.05) is 64.0 Å². The van der Waals surface area contributed by atoms with E-state index in [0.717, 1.165) is 43.5 Å². The number of rotatable bonds is 5. The molecule has 2 aromatic rings. The molecule has 7 heteroatoms. The topological polar surface area (TPSA) is 64.6 Å². The summed E-state index contributed by atoms with van der Waals surface area (Å²) < 4.78 is 0. The Kier molecular flexibility index (Phi) is 5.68. The number of hydrogen-bond acceptors (Lipinski definition) is 6. The van der Waals surface area contributed by atoms with Gasteiger partial charge in [-0.25, -0.2) is 9.97 Å². The van der Waals surface area contributed by atoms with E-state index in [9.17, 15) is 4.79 Å². The van der Waals surface area contributed by atoms with Crippen molar-refractivity contribution in [3.63, 3.8) is 0 Å². The summed E-state index contributed by atoms with van der Waals surface area (Å²) in [6.07, 6.45) is 3.51. The van der Waals surface area contributed by atoms with E-state index < -0.39 is 0 Å². The first-order chi connectivity index (χ1) is 12.5. The van der Waals surface area contributed by atoms with Crippen molar-refractivity contribution in [1.82, 2.24) is 14.9 Å². The van der Waals surface area contributed by atoms with Crippen molar-refractivity contribution < 1.29 is 4.79 Å². The minimum absolute atomic E-state index is 0.0204. The standard InChI is InChI=1S/C19H26N6O/c1-15(18(26)22-16-5-7-17(8-6-16)23(2)3)24-11-13-25(14-12-24)19-20-9-4-10-21-19/h4-10,15H,11-14H2,1-3H3,(H,22,26). The van der Waals surface area contributed by atoms with E-state index in [1.54, 1.807) is 12.4 Å². The second kappa shape index (κ2) is 8.14. The van der Waals surface area contributed by atoms with Crippen molar-refractivity contribution in [2.75, 3.05) is 55.4 Å². The quantitative estimate of drug-likeness (QED) is 0.882. The van der Waals surface area contributed by atoms with Gasteiger partial charge in [-0.05, 0) is 37.3 Å². The summed E-state index contributed by atoms with van der Waals surface area (Å²) in [4.78, 5) is 27.6. The highest BCUT2D eigenvalue weighted by Crippen LogP contribution is 2.17. The Bertz CT molecular complexity index is 711. The van der Waals surface area contributed by atoms with Gasteiger partial charge in [0.15, 0.2) is 0 Å². The maximum absolute atomic E-state index is 12.6. The molecule has 1 N–H and O–H groups in total. The van der Waals surface area contributed by atoms with Gasteiger partial charge < -0.3 is 15.1 Å². The zero-order chi connectivity index (χ0) is 18.5. The van der Waals surface area contributed by atoms with Crippen LogP contribution in [0.2, 0.25) is 0 Å². The zero-order valence-corrected chi connectivity index (χ0v) is 15.6. The lowest BCUT2D eigenvalue weighted by Crippen LogP contribution is -2.53. The zero-order valence-electron chi connectivity index (χ0n) is 15.6. The Labute approximate surface area is 154 Å². The van der Waals surface area contributed by atoms with Crippen molar-refractivity contribution in [3.8, 4) is 0 Å². The smallest absolute Gasteiger partial charge is 0.241 e. The highest BCUT2D eigenvalue weighted by atomic mass is 16.2. The van der Waals surface area contributed by atoms with Crippen molar-refractivity contribution in [2.45, 2.75) is 13.0 Å². The summed E-state index contributed by atoms with van der Waals surface area (Å²) in [7, 11) is 3.99. The normalized spacial score (nSPS) is 16.2. The predicted octanol–water partition coefficient (Wildman–Crippen LogP) is 1.69. The Morgan fingerprint density at radius 2 is 1.69 bits per heavy atom. The van der Waals surface area contributed by atoms with Crippen LogP contribution in [0, 0.1) is 0 Å². The molecule has 0 bridgehead atoms. The van der Waals surface area contributed by atoms with Crippen LogP contribution < -0.4 is 15.1 Å². The number of carbonyl (C=O) groups is 1. The Balaban J connectivity index is 1.53. The van der Waals surface area contributed by atoms with Gasteiger partial charge in [-0.1, -0.05) is 0 Å². The number of aromatic nitrogens is 2. The van der Waals surface area contributed by atoms with E-state index in [1.165, 1.54) is 0 Å². The summed E-state index contributed by atoms with van der Waals surface area (Å²) in [5, 5.41) is 3.01. The molecule has 0 aliphatic carbocycles. The van der Waals surface area contributed by atoms with E-state index in [0.29, 0.717) is 0 Å². The van der Waals surface area contributed by atoms with Crippen LogP contribution in [0.1, 0.15) is 6.92 Å². The molecule has 7 nitrogen and oxygen atoms in total. The van der Waals surface area contributed by atoms with Crippen molar-refractivity contribution in [3.05, 3.63) is 42.7 Å². The minimum Gasteiger partial charge on any atom is -0.378 e. The first-order valence-electron chi connectivity index (χ1n) is 8.89. The van der Waals surface area contributed by atoms with Gasteiger partial charge in [-0.15, -0.1) is 0 Å². The fraction of sp³-hybridized carbons (Fsp3) is 0.421. The Morgan fingerprint density at radius 1 is 1.08 bits per heavy atom. The molecule has 0 saturated carbocycles. The monoisotopic (exact) mass is 354 g/mol. The van der Waals surface area contributed by atoms with Crippen molar-refractivity contribution >= 4 is 23.2 Å². The molecule has 1 aromatic carbocycles. The van der Waals surface area contributed by atoms with Crippen LogP contribution in [0.15, 0.2) is 42.7 Å². The predicted molar refractivity (Wildman–Crippen MR) is 105 cm³/mol. The van der Waals surface area contributed by atoms with Gasteiger partial charge in [0.25, 0.3) is 0 Å². The highest BCUT2D eigenvalue weighted by Gasteiger charge is 2.26. The second-order valence-electron chi connectivity index (χ2n) is 6.68. The molecule has 1 aliphatic rings. The van der Waals surface area contributed by atoms with Gasteiger partial charge in [0.1, 0.15) is 0 Å². The number of anilines is 3. The van der Waals surface area contributed by atoms with E-state index in [1.807, 2.05) is 56.3 Å². The van der Waals surface area contributed by atoms with Gasteiger partial charge in [-0.2, -0.15) is 0 Å². The molecule has 0 spiro atoms. The Hall–Kier alpha value is -2.67. The summed E-state index contributed by atoms with van der Waals surface area (Å²) in [5.41, 5.74) is 1.93. The van der Waals surface area contributed by atoms with Gasteiger partial charge >= 0.3 is 0 Å². The molecule has 1 unspecified atom stereocenters. The molecule has 138 valence electrons. The number of carbonyl (C=O) groups excluding carboxylic acids is 1. The second-order valence-corrected chi connectivity index (χ2v) is 6.68. The molecule has 0 radical (unpaired) electrons. The van der Waals surface area contributed by atoms with E-state index in [4.69, 9.17) is 0 Å². The third kappa shape index (κ3) is 4.29. The molecule has 1 aliphatic heterocycles. The fourth-order valence-corrected chi connectivity index (χ4v) is 3.02. The number of hydrogen-bond donors (Lipinski definition) is 1. The third-order valence-electron chi connectivity index (χ3n) is 4.73. The average Bonchev–Trinajstić information content (AvgIpc) is 2.68. The van der Waals surface area contributed by atoms with E-state index >= 15 is 0 Å². The Morgan fingerprint density at radius 3 is 2.27 bits per heavy atom. The summed E-state index contributed by atoms with van der Waals surface area (Å²) in [6.45, 7) is 5.22. The minimum atomic E-state index is -0.178. The molecular formula is C19H26N6O. The third-order valence-corrected chi connectivity index (χ3v) is 4.73. The van der Waals surface area contributed by atoms with Crippen LogP contribution in [-0.2, 0) is 4.79 Å². The van der Waals surface area contributed by atoms with Crippen LogP contribution >= 0.6 is 0 Å². The van der Waals surface area contributed by atoms with Crippen LogP contribution in [-0.4, -0.2) is 67.1 Å². The van der Waals surface area contributed by atoms with Crippen molar-refractivity contribution in [2.24, 2.45) is 0 Å². The maximum atomic E-state index is 12.6. The van der Waals surface area contributed by atoms with Crippen LogP contribution in [0.25, 0.3) is 0 Å². The molecule has 2 heterocycles. The number of piperazine rings is 1. The largest absolute Gasteiger partial charge is 0.378 e. The number of amides is 1.